The van der Waals surface area contributed by atoms with E-state index in [4.69, 9.17) is 9.47 Å². The predicted molar refractivity (Wildman–Crippen MR) is 131 cm³/mol. The van der Waals surface area contributed by atoms with Gasteiger partial charge in [0.05, 0.1) is 11.7 Å². The molecule has 0 aromatic heterocycles. The zero-order valence-electron chi connectivity index (χ0n) is 20.7. The van der Waals surface area contributed by atoms with Gasteiger partial charge in [-0.1, -0.05) is 24.3 Å². The third kappa shape index (κ3) is 5.62. The van der Waals surface area contributed by atoms with Crippen molar-refractivity contribution in [3.63, 3.8) is 0 Å². The Labute approximate surface area is 210 Å². The Kier molecular flexibility index (Phi) is 7.21. The number of likely N-dealkylation sites (tertiary alicyclic amines) is 1. The van der Waals surface area contributed by atoms with Gasteiger partial charge in [0.1, 0.15) is 29.3 Å². The van der Waals surface area contributed by atoms with Crippen LogP contribution in [0.4, 0.5) is 9.18 Å². The molecule has 4 rings (SSSR count). The van der Waals surface area contributed by atoms with Gasteiger partial charge < -0.3 is 14.6 Å². The largest absolute Gasteiger partial charge is 0.489 e. The quantitative estimate of drug-likeness (QED) is 0.592. The molecule has 2 aliphatic rings. The minimum Gasteiger partial charge on any atom is -0.489 e. The van der Waals surface area contributed by atoms with Crippen molar-refractivity contribution in [2.75, 3.05) is 6.54 Å². The average Bonchev–Trinajstić information content (AvgIpc) is 2.82. The van der Waals surface area contributed by atoms with Gasteiger partial charge in [0.25, 0.3) is 0 Å². The number of rotatable bonds is 4. The molecule has 1 saturated carbocycles. The number of hydrogen-bond acceptors (Lipinski definition) is 5. The van der Waals surface area contributed by atoms with E-state index in [1.54, 1.807) is 57.2 Å². The highest BCUT2D eigenvalue weighted by atomic mass is 19.1. The fraction of sp³-hybridized carbons (Fsp3) is 0.464. The van der Waals surface area contributed by atoms with Crippen LogP contribution in [0.5, 0.6) is 5.75 Å². The molecule has 4 atom stereocenters. The SMILES string of the molecule is CC(C)(C)OC(=O)N1C[C@@H]2CC[C@H](Oc3cc(-c4ccccc4F)ccc3C#N)C[C@@H]2C[C@H]1C(=O)O. The number of piperidine rings is 1. The van der Waals surface area contributed by atoms with Crippen LogP contribution in [0.25, 0.3) is 11.1 Å². The number of ether oxygens (including phenoxy) is 2. The summed E-state index contributed by atoms with van der Waals surface area (Å²) >= 11 is 0. The van der Waals surface area contributed by atoms with E-state index in [0.29, 0.717) is 48.2 Å². The lowest BCUT2D eigenvalue weighted by molar-refractivity contribution is -0.147. The van der Waals surface area contributed by atoms with Gasteiger partial charge in [0.15, 0.2) is 0 Å². The van der Waals surface area contributed by atoms with E-state index >= 15 is 0 Å². The number of amides is 1. The number of nitriles is 1. The summed E-state index contributed by atoms with van der Waals surface area (Å²) in [4.78, 5) is 26.1. The highest BCUT2D eigenvalue weighted by molar-refractivity contribution is 5.80. The molecule has 0 spiro atoms. The first kappa shape index (κ1) is 25.5. The molecule has 36 heavy (non-hydrogen) atoms. The van der Waals surface area contributed by atoms with Crippen LogP contribution in [0.3, 0.4) is 0 Å². The molecule has 1 aliphatic carbocycles. The number of carbonyl (C=O) groups is 2. The second-order valence-corrected chi connectivity index (χ2v) is 10.6. The Morgan fingerprint density at radius 1 is 1.11 bits per heavy atom. The molecule has 1 saturated heterocycles. The number of aliphatic carboxylic acids is 1. The summed E-state index contributed by atoms with van der Waals surface area (Å²) in [5.41, 5.74) is 0.695. The van der Waals surface area contributed by atoms with Crippen LogP contribution in [0, 0.1) is 29.0 Å². The molecule has 0 radical (unpaired) electrons. The minimum atomic E-state index is -1.05. The number of carbonyl (C=O) groups excluding carboxylic acids is 1. The summed E-state index contributed by atoms with van der Waals surface area (Å²) in [6.07, 6.45) is 1.59. The maximum Gasteiger partial charge on any atom is 0.411 e. The minimum absolute atomic E-state index is 0.0591. The van der Waals surface area contributed by atoms with Crippen molar-refractivity contribution in [2.45, 2.75) is 64.2 Å². The first-order valence-electron chi connectivity index (χ1n) is 12.2. The summed E-state index contributed by atoms with van der Waals surface area (Å²) in [5.74, 6) is -0.809. The Hall–Kier alpha value is -3.60. The number of nitrogens with zero attached hydrogens (tertiary/aromatic N) is 2. The van der Waals surface area contributed by atoms with Crippen LogP contribution in [-0.4, -0.2) is 46.4 Å². The lowest BCUT2D eigenvalue weighted by Gasteiger charge is -2.46. The summed E-state index contributed by atoms with van der Waals surface area (Å²) in [6.45, 7) is 5.60. The van der Waals surface area contributed by atoms with E-state index in [2.05, 4.69) is 6.07 Å². The molecule has 1 aliphatic heterocycles. The van der Waals surface area contributed by atoms with Crippen molar-refractivity contribution < 1.29 is 28.6 Å². The van der Waals surface area contributed by atoms with Gasteiger partial charge in [-0.3, -0.25) is 4.90 Å². The first-order valence-corrected chi connectivity index (χ1v) is 12.2. The lowest BCUT2D eigenvalue weighted by atomic mass is 9.72. The van der Waals surface area contributed by atoms with Crippen LogP contribution in [0.1, 0.15) is 52.0 Å². The molecule has 0 bridgehead atoms. The molecule has 0 unspecified atom stereocenters. The third-order valence-corrected chi connectivity index (χ3v) is 6.92. The van der Waals surface area contributed by atoms with Crippen LogP contribution in [-0.2, 0) is 9.53 Å². The Balaban J connectivity index is 1.49. The summed E-state index contributed by atoms with van der Waals surface area (Å²) in [5, 5.41) is 19.4. The van der Waals surface area contributed by atoms with Gasteiger partial charge in [0, 0.05) is 12.1 Å². The molecule has 2 fully saturated rings. The standard InChI is InChI=1S/C28H31FN2O5/c1-28(2,3)36-27(34)31-16-19-10-11-21(12-20(19)13-24(31)26(32)33)35-25-14-17(8-9-18(25)15-30)22-6-4-5-7-23(22)29/h4-9,14,19-21,24H,10-13,16H2,1-3H3,(H,32,33)/t19-,20+,21-,24-/m0/s1. The van der Waals surface area contributed by atoms with Crippen LogP contribution >= 0.6 is 0 Å². The van der Waals surface area contributed by atoms with Gasteiger partial charge in [-0.2, -0.15) is 5.26 Å². The normalized spacial score (nSPS) is 23.8. The van der Waals surface area contributed by atoms with Gasteiger partial charge in [-0.15, -0.1) is 0 Å². The molecule has 1 N–H and O–H groups in total. The van der Waals surface area contributed by atoms with E-state index in [9.17, 15) is 24.3 Å². The zero-order valence-corrected chi connectivity index (χ0v) is 20.7. The van der Waals surface area contributed by atoms with Gasteiger partial charge in [-0.25, -0.2) is 14.0 Å². The Bertz CT molecular complexity index is 1190. The van der Waals surface area contributed by atoms with Gasteiger partial charge in [0.2, 0.25) is 0 Å². The molecular weight excluding hydrogens is 463 g/mol. The fourth-order valence-corrected chi connectivity index (χ4v) is 5.22. The molecule has 190 valence electrons. The van der Waals surface area contributed by atoms with Gasteiger partial charge >= 0.3 is 12.1 Å². The van der Waals surface area contributed by atoms with Crippen molar-refractivity contribution in [2.24, 2.45) is 11.8 Å². The number of benzene rings is 2. The van der Waals surface area contributed by atoms with E-state index in [1.165, 1.54) is 11.0 Å². The number of hydrogen-bond donors (Lipinski definition) is 1. The van der Waals surface area contributed by atoms with Crippen molar-refractivity contribution >= 4 is 12.1 Å². The number of fused-ring (bicyclic) bond motifs is 1. The van der Waals surface area contributed by atoms with E-state index in [1.807, 2.05) is 0 Å². The molecule has 2 aromatic rings. The predicted octanol–water partition coefficient (Wildman–Crippen LogP) is 5.62. The molecule has 1 amide bonds. The van der Waals surface area contributed by atoms with Crippen molar-refractivity contribution in [3.05, 3.63) is 53.8 Å². The van der Waals surface area contributed by atoms with Crippen molar-refractivity contribution in [1.82, 2.24) is 4.90 Å². The molecule has 1 heterocycles. The number of halogens is 1. The lowest BCUT2D eigenvalue weighted by Crippen LogP contribution is -2.56. The van der Waals surface area contributed by atoms with E-state index < -0.39 is 23.7 Å². The topological polar surface area (TPSA) is 99.9 Å². The van der Waals surface area contributed by atoms with Crippen LogP contribution < -0.4 is 4.74 Å². The summed E-state index contributed by atoms with van der Waals surface area (Å²) in [7, 11) is 0. The second-order valence-electron chi connectivity index (χ2n) is 10.6. The van der Waals surface area contributed by atoms with E-state index in [0.717, 1.165) is 6.42 Å². The first-order chi connectivity index (χ1) is 17.1. The highest BCUT2D eigenvalue weighted by Crippen LogP contribution is 2.41. The van der Waals surface area contributed by atoms with Crippen LogP contribution in [0.15, 0.2) is 42.5 Å². The molecular formula is C28H31FN2O5. The summed E-state index contributed by atoms with van der Waals surface area (Å²) in [6, 6.07) is 12.6. The maximum atomic E-state index is 14.3. The van der Waals surface area contributed by atoms with Crippen LogP contribution in [0.2, 0.25) is 0 Å². The van der Waals surface area contributed by atoms with Crippen molar-refractivity contribution in [3.8, 4) is 22.9 Å². The average molecular weight is 495 g/mol. The third-order valence-electron chi connectivity index (χ3n) is 6.92. The maximum absolute atomic E-state index is 14.3. The number of carboxylic acids is 1. The monoisotopic (exact) mass is 494 g/mol. The molecule has 8 heteroatoms. The second kappa shape index (κ2) is 10.2. The highest BCUT2D eigenvalue weighted by Gasteiger charge is 2.45. The van der Waals surface area contributed by atoms with Crippen molar-refractivity contribution in [1.29, 1.82) is 5.26 Å². The Morgan fingerprint density at radius 2 is 1.86 bits per heavy atom. The zero-order chi connectivity index (χ0) is 26.0. The summed E-state index contributed by atoms with van der Waals surface area (Å²) < 4.78 is 26.1. The molecule has 7 nitrogen and oxygen atoms in total. The molecule has 2 aromatic carbocycles. The smallest absolute Gasteiger partial charge is 0.411 e. The fourth-order valence-electron chi connectivity index (χ4n) is 5.22. The van der Waals surface area contributed by atoms with Gasteiger partial charge in [-0.05, 0) is 82.1 Å². The Morgan fingerprint density at radius 3 is 2.53 bits per heavy atom. The van der Waals surface area contributed by atoms with E-state index in [-0.39, 0.29) is 23.8 Å². The number of carboxylic acid groups (broad SMARTS) is 1.